The summed E-state index contributed by atoms with van der Waals surface area (Å²) in [5.74, 6) is 1.20. The minimum absolute atomic E-state index is 0.145. The highest BCUT2D eigenvalue weighted by molar-refractivity contribution is 5.60. The molecule has 0 saturated heterocycles. The monoisotopic (exact) mass is 275 g/mol. The Balaban J connectivity index is 1.59. The molecule has 0 saturated carbocycles. The van der Waals surface area contributed by atoms with Crippen LogP contribution in [0.1, 0.15) is 19.3 Å². The molecule has 2 unspecified atom stereocenters. The van der Waals surface area contributed by atoms with Crippen LogP contribution in [0.4, 0.5) is 0 Å². The van der Waals surface area contributed by atoms with Gasteiger partial charge in [0.15, 0.2) is 0 Å². The van der Waals surface area contributed by atoms with Crippen molar-refractivity contribution in [3.8, 4) is 5.75 Å². The van der Waals surface area contributed by atoms with E-state index in [1.807, 2.05) is 36.5 Å². The number of para-hydroxylation sites is 1. The van der Waals surface area contributed by atoms with E-state index in [9.17, 15) is 5.11 Å². The first kappa shape index (κ1) is 14.6. The Morgan fingerprint density at radius 1 is 1.25 bits per heavy atom. The Bertz CT molecular complexity index is 431. The van der Waals surface area contributed by atoms with E-state index in [2.05, 4.69) is 17.3 Å². The van der Waals surface area contributed by atoms with Crippen molar-refractivity contribution in [2.45, 2.75) is 25.4 Å². The lowest BCUT2D eigenvalue weighted by atomic mass is 9.96. The molecule has 0 aromatic heterocycles. The van der Waals surface area contributed by atoms with Crippen LogP contribution in [0.15, 0.2) is 47.6 Å². The van der Waals surface area contributed by atoms with Gasteiger partial charge in [-0.1, -0.05) is 35.5 Å². The zero-order valence-corrected chi connectivity index (χ0v) is 11.5. The zero-order chi connectivity index (χ0) is 14.0. The molecule has 1 aliphatic rings. The molecule has 20 heavy (non-hydrogen) atoms. The molecule has 1 aromatic carbocycles. The molecule has 0 aliphatic heterocycles. The SMILES string of the molecule is OC(CO/N=C/C1CC=CCC1)COc1ccccc1. The minimum atomic E-state index is -0.682. The standard InChI is InChI=1S/C16H21NO3/c18-15(12-19-16-9-5-2-6-10-16)13-20-17-11-14-7-3-1-4-8-14/h1-3,5-6,9-11,14-15,18H,4,7-8,12-13H2/b17-11+. The Hall–Kier alpha value is -1.81. The summed E-state index contributed by atoms with van der Waals surface area (Å²) in [5.41, 5.74) is 0. The minimum Gasteiger partial charge on any atom is -0.491 e. The van der Waals surface area contributed by atoms with Gasteiger partial charge in [-0.05, 0) is 31.4 Å². The van der Waals surface area contributed by atoms with Crippen LogP contribution in [0.2, 0.25) is 0 Å². The van der Waals surface area contributed by atoms with Crippen molar-refractivity contribution in [3.05, 3.63) is 42.5 Å². The summed E-state index contributed by atoms with van der Waals surface area (Å²) in [7, 11) is 0. The second-order valence-electron chi connectivity index (χ2n) is 4.87. The van der Waals surface area contributed by atoms with Crippen molar-refractivity contribution in [2.24, 2.45) is 11.1 Å². The highest BCUT2D eigenvalue weighted by Gasteiger charge is 2.08. The molecule has 0 spiro atoms. The van der Waals surface area contributed by atoms with Crippen molar-refractivity contribution >= 4 is 6.21 Å². The van der Waals surface area contributed by atoms with Crippen LogP contribution < -0.4 is 4.74 Å². The summed E-state index contributed by atoms with van der Waals surface area (Å²) in [6.07, 6.45) is 8.74. The van der Waals surface area contributed by atoms with Gasteiger partial charge < -0.3 is 14.7 Å². The summed E-state index contributed by atoms with van der Waals surface area (Å²) in [5, 5.41) is 13.6. The number of aliphatic hydroxyl groups excluding tert-OH is 1. The number of rotatable bonds is 7. The molecular weight excluding hydrogens is 254 g/mol. The van der Waals surface area contributed by atoms with E-state index >= 15 is 0 Å². The normalized spacial score (nSPS) is 19.9. The van der Waals surface area contributed by atoms with Crippen LogP contribution in [-0.2, 0) is 4.84 Å². The summed E-state index contributed by atoms with van der Waals surface area (Å²) >= 11 is 0. The molecule has 1 aliphatic carbocycles. The maximum atomic E-state index is 9.71. The first-order chi connectivity index (χ1) is 9.84. The van der Waals surface area contributed by atoms with Crippen molar-refractivity contribution in [3.63, 3.8) is 0 Å². The number of hydrogen-bond donors (Lipinski definition) is 1. The lowest BCUT2D eigenvalue weighted by molar-refractivity contribution is 0.0144. The quantitative estimate of drug-likeness (QED) is 0.473. The molecule has 2 rings (SSSR count). The molecule has 4 nitrogen and oxygen atoms in total. The van der Waals surface area contributed by atoms with Gasteiger partial charge >= 0.3 is 0 Å². The fraction of sp³-hybridized carbons (Fsp3) is 0.438. The first-order valence-electron chi connectivity index (χ1n) is 7.01. The molecule has 1 N–H and O–H groups in total. The zero-order valence-electron chi connectivity index (χ0n) is 11.5. The average Bonchev–Trinajstić information content (AvgIpc) is 2.52. The van der Waals surface area contributed by atoms with E-state index in [0.29, 0.717) is 5.92 Å². The van der Waals surface area contributed by atoms with Gasteiger partial charge in [0.1, 0.15) is 25.1 Å². The number of nitrogens with zero attached hydrogens (tertiary/aromatic N) is 1. The number of benzene rings is 1. The predicted molar refractivity (Wildman–Crippen MR) is 78.9 cm³/mol. The van der Waals surface area contributed by atoms with Crippen LogP contribution >= 0.6 is 0 Å². The smallest absolute Gasteiger partial charge is 0.146 e. The van der Waals surface area contributed by atoms with Crippen LogP contribution in [0.5, 0.6) is 5.75 Å². The lowest BCUT2D eigenvalue weighted by Crippen LogP contribution is -2.22. The summed E-state index contributed by atoms with van der Waals surface area (Å²) < 4.78 is 5.42. The molecule has 1 aromatic rings. The third-order valence-corrected chi connectivity index (χ3v) is 3.11. The lowest BCUT2D eigenvalue weighted by Gasteiger charge is -2.13. The number of aliphatic hydroxyl groups is 1. The summed E-state index contributed by atoms with van der Waals surface area (Å²) in [6.45, 7) is 0.345. The molecule has 0 radical (unpaired) electrons. The maximum Gasteiger partial charge on any atom is 0.146 e. The van der Waals surface area contributed by atoms with Gasteiger partial charge in [-0.2, -0.15) is 0 Å². The molecule has 4 heteroatoms. The maximum absolute atomic E-state index is 9.71. The van der Waals surface area contributed by atoms with E-state index in [-0.39, 0.29) is 13.2 Å². The fourth-order valence-corrected chi connectivity index (χ4v) is 1.97. The summed E-state index contributed by atoms with van der Waals surface area (Å²) in [6, 6.07) is 9.40. The molecule has 2 atom stereocenters. The molecule has 0 heterocycles. The van der Waals surface area contributed by atoms with Gasteiger partial charge in [0.25, 0.3) is 0 Å². The molecular formula is C16H21NO3. The van der Waals surface area contributed by atoms with Gasteiger partial charge in [0, 0.05) is 12.1 Å². The number of allylic oxidation sites excluding steroid dienone is 2. The van der Waals surface area contributed by atoms with Crippen LogP contribution in [0, 0.1) is 5.92 Å². The van der Waals surface area contributed by atoms with Gasteiger partial charge in [0.05, 0.1) is 0 Å². The van der Waals surface area contributed by atoms with Crippen molar-refractivity contribution < 1.29 is 14.7 Å². The van der Waals surface area contributed by atoms with Gasteiger partial charge in [-0.15, -0.1) is 0 Å². The Kier molecular flexibility index (Phi) is 6.11. The van der Waals surface area contributed by atoms with E-state index in [1.165, 1.54) is 0 Å². The Labute approximate surface area is 119 Å². The second-order valence-corrected chi connectivity index (χ2v) is 4.87. The van der Waals surface area contributed by atoms with Crippen molar-refractivity contribution in [1.29, 1.82) is 0 Å². The topological polar surface area (TPSA) is 51.0 Å². The van der Waals surface area contributed by atoms with E-state index < -0.39 is 6.10 Å². The summed E-state index contributed by atoms with van der Waals surface area (Å²) in [4.78, 5) is 5.10. The fourth-order valence-electron chi connectivity index (χ4n) is 1.97. The van der Waals surface area contributed by atoms with Crippen molar-refractivity contribution in [1.82, 2.24) is 0 Å². The Morgan fingerprint density at radius 2 is 2.10 bits per heavy atom. The number of ether oxygens (including phenoxy) is 1. The second kappa shape index (κ2) is 8.38. The van der Waals surface area contributed by atoms with Gasteiger partial charge in [-0.3, -0.25) is 0 Å². The number of oxime groups is 1. The largest absolute Gasteiger partial charge is 0.491 e. The van der Waals surface area contributed by atoms with E-state index in [4.69, 9.17) is 9.57 Å². The third-order valence-electron chi connectivity index (χ3n) is 3.11. The van der Waals surface area contributed by atoms with E-state index in [0.717, 1.165) is 25.0 Å². The molecule has 108 valence electrons. The molecule has 0 bridgehead atoms. The third kappa shape index (κ3) is 5.45. The van der Waals surface area contributed by atoms with E-state index in [1.54, 1.807) is 0 Å². The van der Waals surface area contributed by atoms with Gasteiger partial charge in [0.2, 0.25) is 0 Å². The van der Waals surface area contributed by atoms with Crippen molar-refractivity contribution in [2.75, 3.05) is 13.2 Å². The van der Waals surface area contributed by atoms with Gasteiger partial charge in [-0.25, -0.2) is 0 Å². The van der Waals surface area contributed by atoms with Crippen LogP contribution in [-0.4, -0.2) is 30.6 Å². The molecule has 0 fully saturated rings. The Morgan fingerprint density at radius 3 is 2.85 bits per heavy atom. The highest BCUT2D eigenvalue weighted by Crippen LogP contribution is 2.15. The predicted octanol–water partition coefficient (Wildman–Crippen LogP) is 2.79. The highest BCUT2D eigenvalue weighted by atomic mass is 16.6. The number of hydrogen-bond acceptors (Lipinski definition) is 4. The average molecular weight is 275 g/mol. The van der Waals surface area contributed by atoms with Crippen LogP contribution in [0.25, 0.3) is 0 Å². The van der Waals surface area contributed by atoms with Crippen LogP contribution in [0.3, 0.4) is 0 Å². The molecule has 0 amide bonds. The first-order valence-corrected chi connectivity index (χ1v) is 7.01.